The number of anilines is 1. The summed E-state index contributed by atoms with van der Waals surface area (Å²) in [5, 5.41) is 3.21. The van der Waals surface area contributed by atoms with Crippen LogP contribution in [-0.4, -0.2) is 29.5 Å². The molecule has 0 radical (unpaired) electrons. The zero-order chi connectivity index (χ0) is 16.4. The monoisotopic (exact) mass is 331 g/mol. The zero-order valence-electron chi connectivity index (χ0n) is 12.5. The number of hydrogen-bond donors (Lipinski definition) is 1. The lowest BCUT2D eigenvalue weighted by Crippen LogP contribution is -2.13. The van der Waals surface area contributed by atoms with Gasteiger partial charge in [-0.15, -0.1) is 0 Å². The first-order chi connectivity index (χ1) is 11.1. The van der Waals surface area contributed by atoms with Crippen molar-refractivity contribution in [1.29, 1.82) is 0 Å². The van der Waals surface area contributed by atoms with Gasteiger partial charge in [0, 0.05) is 23.9 Å². The second-order valence-corrected chi connectivity index (χ2v) is 5.19. The molecule has 7 heteroatoms. The van der Waals surface area contributed by atoms with E-state index in [1.807, 2.05) is 4.40 Å². The van der Waals surface area contributed by atoms with Crippen LogP contribution in [0.2, 0.25) is 5.02 Å². The van der Waals surface area contributed by atoms with Crippen molar-refractivity contribution in [3.8, 4) is 11.5 Å². The Hall–Kier alpha value is -2.73. The molecule has 1 aromatic carbocycles. The third kappa shape index (κ3) is 2.93. The highest BCUT2D eigenvalue weighted by Crippen LogP contribution is 2.36. The number of fused-ring (bicyclic) bond motifs is 1. The van der Waals surface area contributed by atoms with Crippen LogP contribution >= 0.6 is 11.6 Å². The van der Waals surface area contributed by atoms with Gasteiger partial charge in [0.1, 0.15) is 11.5 Å². The van der Waals surface area contributed by atoms with Crippen LogP contribution in [0.5, 0.6) is 11.5 Å². The molecule has 6 nitrogen and oxygen atoms in total. The average molecular weight is 332 g/mol. The fourth-order valence-electron chi connectivity index (χ4n) is 2.21. The molecule has 0 saturated carbocycles. The van der Waals surface area contributed by atoms with Crippen LogP contribution in [0, 0.1) is 0 Å². The molecule has 0 aliphatic carbocycles. The Kier molecular flexibility index (Phi) is 4.08. The summed E-state index contributed by atoms with van der Waals surface area (Å²) in [6, 6.07) is 6.68. The van der Waals surface area contributed by atoms with Gasteiger partial charge in [0.2, 0.25) is 0 Å². The Labute approximate surface area is 137 Å². The number of imidazole rings is 1. The Balaban J connectivity index is 1.92. The van der Waals surface area contributed by atoms with Gasteiger partial charge in [-0.3, -0.25) is 4.79 Å². The molecule has 1 amide bonds. The van der Waals surface area contributed by atoms with E-state index in [2.05, 4.69) is 10.3 Å². The van der Waals surface area contributed by atoms with Gasteiger partial charge in [0.15, 0.2) is 0 Å². The van der Waals surface area contributed by atoms with Crippen molar-refractivity contribution in [3.05, 3.63) is 53.6 Å². The number of aromatic nitrogens is 2. The molecular weight excluding hydrogens is 318 g/mol. The van der Waals surface area contributed by atoms with Gasteiger partial charge in [0.05, 0.1) is 43.0 Å². The van der Waals surface area contributed by atoms with Crippen LogP contribution in [0.3, 0.4) is 0 Å². The van der Waals surface area contributed by atoms with E-state index < -0.39 is 0 Å². The summed E-state index contributed by atoms with van der Waals surface area (Å²) in [4.78, 5) is 16.5. The second kappa shape index (κ2) is 6.18. The minimum Gasteiger partial charge on any atom is -0.495 e. The largest absolute Gasteiger partial charge is 0.495 e. The quantitative estimate of drug-likeness (QED) is 0.797. The van der Waals surface area contributed by atoms with Gasteiger partial charge >= 0.3 is 0 Å². The second-order valence-electron chi connectivity index (χ2n) is 4.78. The normalized spacial score (nSPS) is 10.6. The van der Waals surface area contributed by atoms with Crippen molar-refractivity contribution in [2.75, 3.05) is 19.5 Å². The molecule has 3 rings (SSSR count). The Morgan fingerprint density at radius 3 is 2.74 bits per heavy atom. The molecule has 3 aromatic rings. The minimum atomic E-state index is -0.267. The maximum absolute atomic E-state index is 12.5. The van der Waals surface area contributed by atoms with Crippen LogP contribution in [-0.2, 0) is 0 Å². The highest BCUT2D eigenvalue weighted by Gasteiger charge is 2.14. The van der Waals surface area contributed by atoms with Gasteiger partial charge < -0.3 is 19.2 Å². The van der Waals surface area contributed by atoms with Crippen LogP contribution in [0.1, 0.15) is 10.4 Å². The summed E-state index contributed by atoms with van der Waals surface area (Å²) in [5.41, 5.74) is 1.82. The van der Waals surface area contributed by atoms with E-state index in [0.29, 0.717) is 27.8 Å². The number of benzene rings is 1. The zero-order valence-corrected chi connectivity index (χ0v) is 13.3. The lowest BCUT2D eigenvalue weighted by atomic mass is 10.2. The molecule has 0 fully saturated rings. The lowest BCUT2D eigenvalue weighted by molar-refractivity contribution is 0.102. The molecule has 2 heterocycles. The molecule has 0 aliphatic rings. The lowest BCUT2D eigenvalue weighted by Gasteiger charge is -2.13. The maximum atomic E-state index is 12.5. The van der Waals surface area contributed by atoms with Gasteiger partial charge in [-0.25, -0.2) is 4.98 Å². The number of amides is 1. The van der Waals surface area contributed by atoms with Crippen molar-refractivity contribution in [1.82, 2.24) is 9.38 Å². The van der Waals surface area contributed by atoms with Gasteiger partial charge in [-0.1, -0.05) is 11.6 Å². The van der Waals surface area contributed by atoms with Crippen molar-refractivity contribution < 1.29 is 14.3 Å². The molecule has 0 spiro atoms. The topological polar surface area (TPSA) is 64.9 Å². The summed E-state index contributed by atoms with van der Waals surface area (Å²) in [5.74, 6) is 0.639. The Morgan fingerprint density at radius 1 is 1.22 bits per heavy atom. The first kappa shape index (κ1) is 15.2. The number of halogens is 1. The van der Waals surface area contributed by atoms with Gasteiger partial charge in [-0.05, 0) is 12.1 Å². The third-order valence-electron chi connectivity index (χ3n) is 3.40. The van der Waals surface area contributed by atoms with E-state index in [-0.39, 0.29) is 5.91 Å². The average Bonchev–Trinajstić information content (AvgIpc) is 3.03. The van der Waals surface area contributed by atoms with Gasteiger partial charge in [0.25, 0.3) is 5.91 Å². The Morgan fingerprint density at radius 2 is 2.00 bits per heavy atom. The van der Waals surface area contributed by atoms with Crippen molar-refractivity contribution in [3.63, 3.8) is 0 Å². The molecule has 118 valence electrons. The van der Waals surface area contributed by atoms with Crippen molar-refractivity contribution in [2.45, 2.75) is 0 Å². The van der Waals surface area contributed by atoms with Crippen LogP contribution in [0.4, 0.5) is 5.69 Å². The van der Waals surface area contributed by atoms with E-state index in [4.69, 9.17) is 21.1 Å². The van der Waals surface area contributed by atoms with E-state index in [9.17, 15) is 4.79 Å². The molecule has 23 heavy (non-hydrogen) atoms. The summed E-state index contributed by atoms with van der Waals surface area (Å²) < 4.78 is 12.2. The number of hydrogen-bond acceptors (Lipinski definition) is 4. The third-order valence-corrected chi connectivity index (χ3v) is 3.69. The number of ether oxygens (including phenoxy) is 2. The highest BCUT2D eigenvalue weighted by atomic mass is 35.5. The molecule has 0 bridgehead atoms. The maximum Gasteiger partial charge on any atom is 0.255 e. The number of carbonyl (C=O) groups excluding carboxylic acids is 1. The number of rotatable bonds is 4. The van der Waals surface area contributed by atoms with E-state index in [1.165, 1.54) is 14.2 Å². The summed E-state index contributed by atoms with van der Waals surface area (Å²) in [7, 11) is 3.01. The van der Waals surface area contributed by atoms with Crippen LogP contribution in [0.25, 0.3) is 5.52 Å². The standard InChI is InChI=1S/C16H14ClN3O3/c1-22-14-7-13(15(23-2)6-12(14)17)19-16(21)10-3-4-20-9-18-8-11(20)5-10/h3-9H,1-2H3,(H,19,21). The number of nitrogens with one attached hydrogen (secondary N) is 1. The molecule has 0 saturated heterocycles. The smallest absolute Gasteiger partial charge is 0.255 e. The van der Waals surface area contributed by atoms with Crippen molar-refractivity contribution in [2.24, 2.45) is 0 Å². The summed E-state index contributed by atoms with van der Waals surface area (Å²) in [6.45, 7) is 0. The highest BCUT2D eigenvalue weighted by molar-refractivity contribution is 6.32. The number of carbonyl (C=O) groups is 1. The number of methoxy groups -OCH3 is 2. The fourth-order valence-corrected chi connectivity index (χ4v) is 2.44. The van der Waals surface area contributed by atoms with E-state index in [0.717, 1.165) is 5.52 Å². The van der Waals surface area contributed by atoms with Crippen molar-refractivity contribution >= 4 is 28.7 Å². The number of pyridine rings is 1. The predicted molar refractivity (Wildman–Crippen MR) is 87.7 cm³/mol. The molecule has 0 aliphatic heterocycles. The predicted octanol–water partition coefficient (Wildman–Crippen LogP) is 3.26. The molecule has 0 atom stereocenters. The SMILES string of the molecule is COc1cc(NC(=O)c2ccn3cncc3c2)c(OC)cc1Cl. The van der Waals surface area contributed by atoms with Gasteiger partial charge in [-0.2, -0.15) is 0 Å². The first-order valence-corrected chi connectivity index (χ1v) is 7.14. The van der Waals surface area contributed by atoms with E-state index >= 15 is 0 Å². The Bertz CT molecular complexity index is 876. The van der Waals surface area contributed by atoms with Crippen LogP contribution < -0.4 is 14.8 Å². The molecule has 2 aromatic heterocycles. The molecule has 1 N–H and O–H groups in total. The van der Waals surface area contributed by atoms with Crippen LogP contribution in [0.15, 0.2) is 43.0 Å². The minimum absolute atomic E-state index is 0.267. The summed E-state index contributed by atoms with van der Waals surface area (Å²) >= 11 is 6.06. The number of nitrogens with zero attached hydrogens (tertiary/aromatic N) is 2. The fraction of sp³-hybridized carbons (Fsp3) is 0.125. The molecular formula is C16H14ClN3O3. The first-order valence-electron chi connectivity index (χ1n) is 6.77. The van der Waals surface area contributed by atoms with E-state index in [1.54, 1.807) is 43.0 Å². The summed E-state index contributed by atoms with van der Waals surface area (Å²) in [6.07, 6.45) is 5.13. The molecule has 0 unspecified atom stereocenters.